The van der Waals surface area contributed by atoms with Crippen molar-refractivity contribution in [1.29, 1.82) is 0 Å². The van der Waals surface area contributed by atoms with Crippen LogP contribution in [0.25, 0.3) is 0 Å². The lowest BCUT2D eigenvalue weighted by molar-refractivity contribution is 0.0696. The molecule has 0 aliphatic carbocycles. The van der Waals surface area contributed by atoms with Gasteiger partial charge in [-0.15, -0.1) is 0 Å². The number of anilines is 2. The summed E-state index contributed by atoms with van der Waals surface area (Å²) in [6.45, 7) is 1.72. The molecule has 0 saturated carbocycles. The maximum Gasteiger partial charge on any atom is 0.335 e. The van der Waals surface area contributed by atoms with Crippen LogP contribution < -0.4 is 5.32 Å². The van der Waals surface area contributed by atoms with Gasteiger partial charge in [0.1, 0.15) is 5.82 Å². The van der Waals surface area contributed by atoms with Gasteiger partial charge in [0.2, 0.25) is 0 Å². The van der Waals surface area contributed by atoms with Crippen molar-refractivity contribution in [2.45, 2.75) is 6.92 Å². The molecule has 4 nitrogen and oxygen atoms in total. The predicted octanol–water partition coefficient (Wildman–Crippen LogP) is 4.90. The van der Waals surface area contributed by atoms with Crippen LogP contribution in [0.1, 0.15) is 16.1 Å². The number of carboxylic acid groups (broad SMARTS) is 1. The second-order valence-corrected chi connectivity index (χ2v) is 5.65. The first kappa shape index (κ1) is 15.1. The van der Waals surface area contributed by atoms with Crippen LogP contribution in [0.2, 0.25) is 10.0 Å². The summed E-state index contributed by atoms with van der Waals surface area (Å²) in [4.78, 5) is 15.2. The number of rotatable bonds is 3. The zero-order valence-corrected chi connectivity index (χ0v) is 13.3. The minimum atomic E-state index is -1.02. The number of benzene rings is 1. The maximum absolute atomic E-state index is 11.0. The number of halogens is 3. The number of aromatic carboxylic acids is 1. The van der Waals surface area contributed by atoms with Crippen LogP contribution in [0, 0.1) is 6.92 Å². The van der Waals surface area contributed by atoms with Crippen molar-refractivity contribution >= 4 is 56.6 Å². The van der Waals surface area contributed by atoms with Gasteiger partial charge >= 0.3 is 5.97 Å². The molecular formula is C13H9BrCl2N2O2. The predicted molar refractivity (Wildman–Crippen MR) is 83.4 cm³/mol. The monoisotopic (exact) mass is 374 g/mol. The van der Waals surface area contributed by atoms with Crippen LogP contribution in [0.4, 0.5) is 11.5 Å². The molecule has 1 aromatic carbocycles. The number of pyridine rings is 1. The first-order valence-electron chi connectivity index (χ1n) is 5.51. The third-order valence-electron chi connectivity index (χ3n) is 2.50. The van der Waals surface area contributed by atoms with E-state index in [0.29, 0.717) is 31.7 Å². The lowest BCUT2D eigenvalue weighted by atomic mass is 10.2. The topological polar surface area (TPSA) is 62.2 Å². The Bertz CT molecular complexity index is 692. The Balaban J connectivity index is 2.40. The molecule has 0 unspecified atom stereocenters. The first-order valence-corrected chi connectivity index (χ1v) is 7.06. The molecule has 2 rings (SSSR count). The van der Waals surface area contributed by atoms with Gasteiger partial charge < -0.3 is 10.4 Å². The molecule has 0 bridgehead atoms. The number of aryl methyl sites for hydroxylation is 1. The number of carbonyl (C=O) groups is 1. The van der Waals surface area contributed by atoms with Crippen molar-refractivity contribution in [2.75, 3.05) is 5.32 Å². The maximum atomic E-state index is 11.0. The Morgan fingerprint density at radius 1 is 1.30 bits per heavy atom. The van der Waals surface area contributed by atoms with Crippen LogP contribution >= 0.6 is 39.1 Å². The SMILES string of the molecule is Cc1cc(C(=O)O)cc(Nc2ccc(Br)c(Cl)c2Cl)n1. The van der Waals surface area contributed by atoms with Gasteiger partial charge in [-0.25, -0.2) is 9.78 Å². The quantitative estimate of drug-likeness (QED) is 0.749. The Morgan fingerprint density at radius 2 is 2.00 bits per heavy atom. The van der Waals surface area contributed by atoms with E-state index in [1.807, 2.05) is 0 Å². The highest BCUT2D eigenvalue weighted by atomic mass is 79.9. The zero-order chi connectivity index (χ0) is 14.9. The fourth-order valence-corrected chi connectivity index (χ4v) is 2.44. The molecule has 0 radical (unpaired) electrons. The van der Waals surface area contributed by atoms with E-state index >= 15 is 0 Å². The average Bonchev–Trinajstić information content (AvgIpc) is 2.39. The van der Waals surface area contributed by atoms with Gasteiger partial charge in [0.05, 0.1) is 21.3 Å². The Labute approximate surface area is 133 Å². The number of carboxylic acids is 1. The van der Waals surface area contributed by atoms with Crippen molar-refractivity contribution in [3.63, 3.8) is 0 Å². The van der Waals surface area contributed by atoms with E-state index in [2.05, 4.69) is 26.2 Å². The third-order valence-corrected chi connectivity index (χ3v) is 4.27. The molecule has 0 aliphatic rings. The number of hydrogen-bond acceptors (Lipinski definition) is 3. The summed E-state index contributed by atoms with van der Waals surface area (Å²) in [5.41, 5.74) is 1.29. The molecule has 0 aliphatic heterocycles. The molecule has 2 aromatic rings. The van der Waals surface area contributed by atoms with Crippen LogP contribution in [0.15, 0.2) is 28.7 Å². The summed E-state index contributed by atoms with van der Waals surface area (Å²) in [5, 5.41) is 12.7. The smallest absolute Gasteiger partial charge is 0.335 e. The summed E-state index contributed by atoms with van der Waals surface area (Å²) < 4.78 is 0.679. The van der Waals surface area contributed by atoms with Gasteiger partial charge in [0.15, 0.2) is 0 Å². The van der Waals surface area contributed by atoms with E-state index in [4.69, 9.17) is 28.3 Å². The van der Waals surface area contributed by atoms with Crippen molar-refractivity contribution in [3.05, 3.63) is 50.0 Å². The highest BCUT2D eigenvalue weighted by molar-refractivity contribution is 9.10. The van der Waals surface area contributed by atoms with E-state index in [-0.39, 0.29) is 5.56 Å². The molecule has 0 spiro atoms. The Kier molecular flexibility index (Phi) is 4.52. The summed E-state index contributed by atoms with van der Waals surface area (Å²) in [6.07, 6.45) is 0. The van der Waals surface area contributed by atoms with Crippen molar-refractivity contribution in [1.82, 2.24) is 4.98 Å². The van der Waals surface area contributed by atoms with Crippen molar-refractivity contribution < 1.29 is 9.90 Å². The number of nitrogens with one attached hydrogen (secondary N) is 1. The normalized spacial score (nSPS) is 10.4. The molecule has 20 heavy (non-hydrogen) atoms. The average molecular weight is 376 g/mol. The molecule has 1 aromatic heterocycles. The van der Waals surface area contributed by atoms with Gasteiger partial charge in [-0.3, -0.25) is 0 Å². The lowest BCUT2D eigenvalue weighted by Crippen LogP contribution is -2.02. The summed E-state index contributed by atoms with van der Waals surface area (Å²) in [7, 11) is 0. The van der Waals surface area contributed by atoms with Gasteiger partial charge in [0, 0.05) is 10.2 Å². The van der Waals surface area contributed by atoms with Crippen molar-refractivity contribution in [2.24, 2.45) is 0 Å². The molecule has 1 heterocycles. The van der Waals surface area contributed by atoms with Crippen molar-refractivity contribution in [3.8, 4) is 0 Å². The van der Waals surface area contributed by atoms with E-state index in [1.165, 1.54) is 12.1 Å². The molecule has 0 atom stereocenters. The highest BCUT2D eigenvalue weighted by Gasteiger charge is 2.11. The summed E-state index contributed by atoms with van der Waals surface area (Å²) in [5.74, 6) is -0.624. The summed E-state index contributed by atoms with van der Waals surface area (Å²) >= 11 is 15.4. The molecule has 7 heteroatoms. The molecular weight excluding hydrogens is 367 g/mol. The first-order chi connectivity index (χ1) is 9.38. The van der Waals surface area contributed by atoms with Gasteiger partial charge in [0.25, 0.3) is 0 Å². The van der Waals surface area contributed by atoms with E-state index in [1.54, 1.807) is 19.1 Å². The van der Waals surface area contributed by atoms with Crippen LogP contribution in [0.5, 0.6) is 0 Å². The minimum absolute atomic E-state index is 0.152. The highest BCUT2D eigenvalue weighted by Crippen LogP contribution is 2.36. The summed E-state index contributed by atoms with van der Waals surface area (Å²) in [6, 6.07) is 6.39. The third kappa shape index (κ3) is 3.23. The van der Waals surface area contributed by atoms with Gasteiger partial charge in [-0.2, -0.15) is 0 Å². The van der Waals surface area contributed by atoms with E-state index in [9.17, 15) is 4.79 Å². The van der Waals surface area contributed by atoms with E-state index in [0.717, 1.165) is 0 Å². The molecule has 0 amide bonds. The fourth-order valence-electron chi connectivity index (χ4n) is 1.62. The molecule has 2 N–H and O–H groups in total. The van der Waals surface area contributed by atoms with Gasteiger partial charge in [-0.05, 0) is 47.1 Å². The zero-order valence-electron chi connectivity index (χ0n) is 10.2. The molecule has 104 valence electrons. The largest absolute Gasteiger partial charge is 0.478 e. The van der Waals surface area contributed by atoms with E-state index < -0.39 is 5.97 Å². The standard InChI is InChI=1S/C13H9BrCl2N2O2/c1-6-4-7(13(19)20)5-10(17-6)18-9-3-2-8(14)11(15)12(9)16/h2-5H,1H3,(H,17,18)(H,19,20). The molecule has 0 saturated heterocycles. The number of hydrogen-bond donors (Lipinski definition) is 2. The van der Waals surface area contributed by atoms with Crippen LogP contribution in [0.3, 0.4) is 0 Å². The Hall–Kier alpha value is -1.30. The Morgan fingerprint density at radius 3 is 2.65 bits per heavy atom. The second kappa shape index (κ2) is 5.99. The lowest BCUT2D eigenvalue weighted by Gasteiger charge is -2.11. The van der Waals surface area contributed by atoms with Crippen LogP contribution in [-0.4, -0.2) is 16.1 Å². The minimum Gasteiger partial charge on any atom is -0.478 e. The number of nitrogens with zero attached hydrogens (tertiary/aromatic N) is 1. The fraction of sp³-hybridized carbons (Fsp3) is 0.0769. The molecule has 0 fully saturated rings. The number of aromatic nitrogens is 1. The second-order valence-electron chi connectivity index (χ2n) is 4.04. The van der Waals surface area contributed by atoms with Crippen LogP contribution in [-0.2, 0) is 0 Å². The van der Waals surface area contributed by atoms with Gasteiger partial charge in [-0.1, -0.05) is 23.2 Å².